The highest BCUT2D eigenvalue weighted by atomic mass is 35.5. The number of aromatic amines is 1. The molecule has 0 aliphatic carbocycles. The standard InChI is InChI=1S/C56H73ClN14O10/c1-34(57)49(62-40-28-38-29-44(81-33-46(73)59-4)53(76)69(7)47(38)43(30-40)78-8)65-54(58)70-22-18-37(19-23-70)51(74)60-21-25-80-27-26-79-24-20-45(72)61-39-16-14-36(15-17-39)52(75)64-50-41-31-71(56(2,3)48(41)66-67-50)55(77)63-42(32-68(5)6)35-12-10-9-11-13-35/h9-17,28-30,37,42,62H,18-27,31-33H2,1-8H3,(H2,58,65)(H,59,73)(H,60,74)(H,61,72)(H,63,77)(H2,64,66,67,75)/b49-34+/t42-/m1/s1. The number of allylic oxidation sites excluding steroid dienone is 1. The van der Waals surface area contributed by atoms with Crippen LogP contribution in [0.1, 0.15) is 73.3 Å². The van der Waals surface area contributed by atoms with Crippen LogP contribution >= 0.6 is 11.6 Å². The molecule has 25 heteroatoms. The first-order valence-corrected chi connectivity index (χ1v) is 26.9. The number of halogens is 1. The molecule has 0 radical (unpaired) electrons. The molecule has 434 valence electrons. The number of likely N-dealkylation sites (N-methyl/N-ethyl adjacent to an activating group) is 2. The van der Waals surface area contributed by atoms with E-state index in [2.05, 4.69) is 47.1 Å². The Morgan fingerprint density at radius 3 is 2.28 bits per heavy atom. The van der Waals surface area contributed by atoms with E-state index in [9.17, 15) is 28.8 Å². The SMILES string of the molecule is CNC(=O)COc1cc2cc(NC(/N=C(\N)N3CCC(C(=O)NCCOCCOCCC(=O)Nc4ccc(C(=O)Nc5n[nH]c6c5CN(C(=O)N[C@H](CN(C)C)c5ccccc5)C6(C)C)cc4)CC3)=C(/C)Cl)cc(OC)c2n(C)c1=O. The topological polar surface area (TPSA) is 293 Å². The largest absolute Gasteiger partial charge is 0.494 e. The zero-order chi connectivity index (χ0) is 58.4. The number of benzene rings is 3. The minimum Gasteiger partial charge on any atom is -0.494 e. The van der Waals surface area contributed by atoms with Crippen molar-refractivity contribution in [1.29, 1.82) is 0 Å². The van der Waals surface area contributed by atoms with Crippen molar-refractivity contribution in [2.45, 2.75) is 58.2 Å². The molecule has 0 saturated carbocycles. The molecule has 81 heavy (non-hydrogen) atoms. The Morgan fingerprint density at radius 1 is 0.914 bits per heavy atom. The number of aromatic nitrogens is 3. The lowest BCUT2D eigenvalue weighted by molar-refractivity contribution is -0.126. The highest BCUT2D eigenvalue weighted by Crippen LogP contribution is 2.41. The average molecular weight is 1140 g/mol. The molecular weight excluding hydrogens is 1060 g/mol. The summed E-state index contributed by atoms with van der Waals surface area (Å²) < 4.78 is 23.8. The second-order valence-electron chi connectivity index (χ2n) is 20.3. The highest BCUT2D eigenvalue weighted by Gasteiger charge is 2.44. The van der Waals surface area contributed by atoms with Gasteiger partial charge in [-0.1, -0.05) is 41.9 Å². The number of anilines is 3. The van der Waals surface area contributed by atoms with Crippen molar-refractivity contribution >= 4 is 75.3 Å². The van der Waals surface area contributed by atoms with E-state index in [0.29, 0.717) is 83.5 Å². The molecule has 2 aromatic heterocycles. The van der Waals surface area contributed by atoms with Gasteiger partial charge in [-0.25, -0.2) is 4.79 Å². The number of urea groups is 1. The van der Waals surface area contributed by atoms with Crippen molar-refractivity contribution < 1.29 is 42.9 Å². The first-order valence-electron chi connectivity index (χ1n) is 26.6. The number of aliphatic imine (C=N–C) groups is 1. The summed E-state index contributed by atoms with van der Waals surface area (Å²) >= 11 is 6.49. The monoisotopic (exact) mass is 1140 g/mol. The number of pyridine rings is 1. The number of carbonyl (C=O) groups excluding carboxylic acids is 5. The van der Waals surface area contributed by atoms with Gasteiger partial charge in [-0.05, 0) is 89.7 Å². The molecule has 7 rings (SSSR count). The summed E-state index contributed by atoms with van der Waals surface area (Å²) in [6, 6.07) is 20.8. The van der Waals surface area contributed by atoms with E-state index in [1.165, 1.54) is 24.8 Å². The first kappa shape index (κ1) is 60.5. The van der Waals surface area contributed by atoms with Crippen LogP contribution in [0.3, 0.4) is 0 Å². The number of nitrogens with zero attached hydrogens (tertiary/aromatic N) is 6. The Labute approximate surface area is 475 Å². The Bertz CT molecular complexity index is 3170. The fourth-order valence-corrected chi connectivity index (χ4v) is 9.53. The average Bonchev–Trinajstić information content (AvgIpc) is 3.38. The van der Waals surface area contributed by atoms with E-state index in [1.54, 1.807) is 55.3 Å². The maximum absolute atomic E-state index is 13.8. The minimum absolute atomic E-state index is 0.00912. The normalized spacial score (nSPS) is 14.9. The predicted octanol–water partition coefficient (Wildman–Crippen LogP) is 4.76. The Morgan fingerprint density at radius 2 is 1.62 bits per heavy atom. The number of H-pyrrole nitrogens is 1. The van der Waals surface area contributed by atoms with Crippen LogP contribution in [0.4, 0.5) is 22.0 Å². The van der Waals surface area contributed by atoms with E-state index < -0.39 is 17.0 Å². The maximum atomic E-state index is 13.8. The number of likely N-dealkylation sites (tertiary alicyclic amines) is 1. The molecule has 0 unspecified atom stereocenters. The van der Waals surface area contributed by atoms with Crippen LogP contribution < -0.4 is 52.7 Å². The molecule has 1 atom stereocenters. The number of methoxy groups -OCH3 is 1. The van der Waals surface area contributed by atoms with Crippen LogP contribution in [0.15, 0.2) is 93.4 Å². The number of hydrogen-bond donors (Lipinski definition) is 8. The number of hydrogen-bond acceptors (Lipinski definition) is 14. The molecular formula is C56H73ClN14O10. The van der Waals surface area contributed by atoms with Crippen LogP contribution in [-0.2, 0) is 43.0 Å². The predicted molar refractivity (Wildman–Crippen MR) is 309 cm³/mol. The highest BCUT2D eigenvalue weighted by molar-refractivity contribution is 6.29. The molecule has 2 aliphatic heterocycles. The smallest absolute Gasteiger partial charge is 0.319 e. The van der Waals surface area contributed by atoms with Crippen LogP contribution in [0.5, 0.6) is 11.5 Å². The Balaban J connectivity index is 0.766. The van der Waals surface area contributed by atoms with Crippen molar-refractivity contribution in [2.75, 3.05) is 103 Å². The zero-order valence-corrected chi connectivity index (χ0v) is 47.8. The summed E-state index contributed by atoms with van der Waals surface area (Å²) in [6.45, 7) is 8.33. The van der Waals surface area contributed by atoms with Gasteiger partial charge in [0.05, 0.1) is 74.3 Å². The third-order valence-corrected chi connectivity index (χ3v) is 14.1. The van der Waals surface area contributed by atoms with Crippen molar-refractivity contribution in [1.82, 2.24) is 45.4 Å². The van der Waals surface area contributed by atoms with E-state index in [-0.39, 0.29) is 99.2 Å². The third kappa shape index (κ3) is 15.6. The summed E-state index contributed by atoms with van der Waals surface area (Å²) in [5, 5.41) is 25.8. The lowest BCUT2D eigenvalue weighted by Crippen LogP contribution is -2.48. The van der Waals surface area contributed by atoms with Crippen molar-refractivity contribution in [3.63, 3.8) is 0 Å². The molecule has 4 heterocycles. The number of nitrogens with two attached hydrogens (primary N) is 1. The molecule has 0 bridgehead atoms. The van der Waals surface area contributed by atoms with Gasteiger partial charge >= 0.3 is 6.03 Å². The van der Waals surface area contributed by atoms with Gasteiger partial charge in [0, 0.05) is 80.1 Å². The number of amides is 6. The van der Waals surface area contributed by atoms with Crippen LogP contribution in [0.2, 0.25) is 0 Å². The fraction of sp³-hybridized carbons (Fsp3) is 0.429. The van der Waals surface area contributed by atoms with Crippen molar-refractivity contribution in [3.05, 3.63) is 116 Å². The third-order valence-electron chi connectivity index (χ3n) is 13.9. The summed E-state index contributed by atoms with van der Waals surface area (Å²) in [4.78, 5) is 87.9. The molecule has 6 amide bonds. The second kappa shape index (κ2) is 27.8. The number of rotatable bonds is 24. The maximum Gasteiger partial charge on any atom is 0.319 e. The summed E-state index contributed by atoms with van der Waals surface area (Å²) in [5.74, 6) is -0.127. The van der Waals surface area contributed by atoms with Gasteiger partial charge in [0.1, 0.15) is 11.6 Å². The molecule has 1 saturated heterocycles. The lowest BCUT2D eigenvalue weighted by atomic mass is 9.96. The zero-order valence-electron chi connectivity index (χ0n) is 47.0. The molecule has 3 aromatic carbocycles. The van der Waals surface area contributed by atoms with Crippen molar-refractivity contribution in [3.8, 4) is 11.5 Å². The Kier molecular flexibility index (Phi) is 20.7. The molecule has 1 fully saturated rings. The Hall–Kier alpha value is -8.19. The van der Waals surface area contributed by atoms with Gasteiger partial charge in [-0.2, -0.15) is 10.1 Å². The van der Waals surface area contributed by atoms with E-state index in [1.807, 2.05) is 68.1 Å². The van der Waals surface area contributed by atoms with Gasteiger partial charge in [-0.3, -0.25) is 29.1 Å². The van der Waals surface area contributed by atoms with Crippen molar-refractivity contribution in [2.24, 2.45) is 23.7 Å². The first-order chi connectivity index (χ1) is 38.8. The molecule has 2 aliphatic rings. The van der Waals surface area contributed by atoms with E-state index in [0.717, 1.165) is 16.8 Å². The van der Waals surface area contributed by atoms with E-state index in [4.69, 9.17) is 36.3 Å². The quantitative estimate of drug-likeness (QED) is 0.0235. The lowest BCUT2D eigenvalue weighted by Gasteiger charge is -2.34. The number of aryl methyl sites for hydroxylation is 1. The fourth-order valence-electron chi connectivity index (χ4n) is 9.44. The molecule has 0 spiro atoms. The molecule has 9 N–H and O–H groups in total. The van der Waals surface area contributed by atoms with Gasteiger partial charge in [0.2, 0.25) is 11.8 Å². The molecule has 24 nitrogen and oxygen atoms in total. The summed E-state index contributed by atoms with van der Waals surface area (Å²) in [5.41, 5.74) is 9.68. The van der Waals surface area contributed by atoms with Gasteiger partial charge in [-0.15, -0.1) is 0 Å². The second-order valence-corrected chi connectivity index (χ2v) is 20.8. The van der Waals surface area contributed by atoms with Gasteiger partial charge in [0.15, 0.2) is 24.1 Å². The number of piperidine rings is 1. The number of carbonyl (C=O) groups is 5. The number of fused-ring (bicyclic) bond motifs is 2. The van der Waals surface area contributed by atoms with Gasteiger partial charge in [0.25, 0.3) is 17.4 Å². The van der Waals surface area contributed by atoms with E-state index >= 15 is 0 Å². The van der Waals surface area contributed by atoms with Crippen LogP contribution in [0.25, 0.3) is 10.9 Å². The minimum atomic E-state index is -0.726. The molecule has 5 aromatic rings. The summed E-state index contributed by atoms with van der Waals surface area (Å²) in [6.07, 6.45) is 1.20. The van der Waals surface area contributed by atoms with Crippen LogP contribution in [0, 0.1) is 5.92 Å². The summed E-state index contributed by atoms with van der Waals surface area (Å²) in [7, 11) is 8.47. The van der Waals surface area contributed by atoms with Crippen LogP contribution in [-0.4, -0.2) is 153 Å². The number of guanidine groups is 1. The van der Waals surface area contributed by atoms with Gasteiger partial charge < -0.3 is 75.8 Å². The number of ether oxygens (including phenoxy) is 4. The number of nitrogens with one attached hydrogen (secondary N) is 7.